The highest BCUT2D eigenvalue weighted by molar-refractivity contribution is 7.15. The molecular formula is C62H83ClN10O14S2. The first kappa shape index (κ1) is 69.7. The number of carbonyl (C=O) groups excluding carboxylic acids is 6. The van der Waals surface area contributed by atoms with E-state index < -0.39 is 71.6 Å². The molecule has 5 amide bonds. The number of hydrogen-bond acceptors (Lipinski definition) is 20. The molecule has 1 fully saturated rings. The Hall–Kier alpha value is -6.75. The van der Waals surface area contributed by atoms with Crippen molar-refractivity contribution in [2.24, 2.45) is 10.4 Å². The highest BCUT2D eigenvalue weighted by Gasteiger charge is 2.46. The number of halogens is 1. The molecule has 5 aromatic rings. The number of fused-ring (bicyclic) bond motifs is 3. The number of esters is 1. The molecule has 484 valence electrons. The van der Waals surface area contributed by atoms with Gasteiger partial charge in [0.1, 0.15) is 53.9 Å². The number of alkyl carbamates (subject to hydrolysis) is 1. The zero-order valence-corrected chi connectivity index (χ0v) is 54.7. The number of likely N-dealkylation sites (tertiary alicyclic amines) is 1. The molecule has 0 bridgehead atoms. The van der Waals surface area contributed by atoms with Gasteiger partial charge in [0.05, 0.1) is 101 Å². The van der Waals surface area contributed by atoms with Gasteiger partial charge in [0.25, 0.3) is 0 Å². The minimum Gasteiger partial charge on any atom is -0.459 e. The van der Waals surface area contributed by atoms with Crippen LogP contribution in [0.3, 0.4) is 0 Å². The van der Waals surface area contributed by atoms with Crippen molar-refractivity contribution in [3.8, 4) is 15.4 Å². The summed E-state index contributed by atoms with van der Waals surface area (Å²) in [4.78, 5) is 93.3. The van der Waals surface area contributed by atoms with Gasteiger partial charge < -0.3 is 64.1 Å². The summed E-state index contributed by atoms with van der Waals surface area (Å²) in [5.41, 5.74) is 6.85. The van der Waals surface area contributed by atoms with Gasteiger partial charge in [0.15, 0.2) is 5.82 Å². The Morgan fingerprint density at radius 3 is 1.94 bits per heavy atom. The van der Waals surface area contributed by atoms with Crippen molar-refractivity contribution < 1.29 is 66.7 Å². The molecular weight excluding hydrogens is 1210 g/mol. The third-order valence-electron chi connectivity index (χ3n) is 14.2. The Morgan fingerprint density at radius 2 is 1.33 bits per heavy atom. The number of ether oxygens (including phenoxy) is 8. The Balaban J connectivity index is 0.822. The van der Waals surface area contributed by atoms with Gasteiger partial charge >= 0.3 is 12.1 Å². The molecule has 0 unspecified atom stereocenters. The van der Waals surface area contributed by atoms with E-state index in [-0.39, 0.29) is 118 Å². The standard InChI is InChI=1S/C62H83ClN10O14S2/c1-38-40(3)89-59-52(38)53(43-15-17-45(63)18-16-43)68-47(56-71-70-41(4)73(56)59)32-49(74)64-19-21-80-23-25-82-27-29-84-35-50(75)69-55(61(5,6)7)58(78)72-34-46(31-48(72)57(77)66-33-42-11-13-44(14-12-42)54-39(2)67-37-88-54)86-51(76)36-85-30-28-83-26-24-81-22-20-65-60(79)87-62(8,9)10/h11-18,37,46-48,55H,19-36H2,1-10H3,(H,64,74)(H,65,79)(H,66,77)(H,69,75)/t46-,47+,48+,55-/m1/s1. The summed E-state index contributed by atoms with van der Waals surface area (Å²) in [5, 5.41) is 21.7. The summed E-state index contributed by atoms with van der Waals surface area (Å²) >= 11 is 9.44. The number of aliphatic imine (C=N–C) groups is 1. The second kappa shape index (κ2) is 33.4. The molecule has 1 saturated heterocycles. The third-order valence-corrected chi connectivity index (χ3v) is 16.6. The second-order valence-electron chi connectivity index (χ2n) is 23.3. The minimum absolute atomic E-state index is 0.00579. The number of nitrogens with one attached hydrogen (secondary N) is 4. The van der Waals surface area contributed by atoms with Gasteiger partial charge in [0, 0.05) is 47.1 Å². The molecule has 0 spiro atoms. The van der Waals surface area contributed by atoms with Crippen LogP contribution < -0.4 is 21.3 Å². The predicted octanol–water partition coefficient (Wildman–Crippen LogP) is 6.72. The van der Waals surface area contributed by atoms with Crippen molar-refractivity contribution in [3.05, 3.63) is 104 Å². The molecule has 89 heavy (non-hydrogen) atoms. The highest BCUT2D eigenvalue weighted by Crippen LogP contribution is 2.40. The van der Waals surface area contributed by atoms with Crippen LogP contribution >= 0.6 is 34.3 Å². The average Bonchev–Trinajstić information content (AvgIpc) is 2.62. The number of aromatic nitrogens is 4. The van der Waals surface area contributed by atoms with E-state index in [1.165, 1.54) is 4.90 Å². The number of thiazole rings is 1. The van der Waals surface area contributed by atoms with E-state index in [4.69, 9.17) is 54.5 Å². The molecule has 0 radical (unpaired) electrons. The summed E-state index contributed by atoms with van der Waals surface area (Å²) < 4.78 is 46.4. The van der Waals surface area contributed by atoms with E-state index >= 15 is 0 Å². The Bertz CT molecular complexity index is 3210. The predicted molar refractivity (Wildman–Crippen MR) is 336 cm³/mol. The number of thiophene rings is 1. The normalized spacial score (nSPS) is 16.0. The first-order valence-electron chi connectivity index (χ1n) is 29.6. The SMILES string of the molecule is Cc1ncsc1-c1ccc(CNC(=O)[C@@H]2C[C@@H](OC(=O)COCCOCCOCCNC(=O)OC(C)(C)C)CN2C(=O)[C@@H](NC(=O)COCCOCCOCCNC(=O)C[C@@H]2N=C(c3ccc(Cl)cc3)c3c(sc(C)c3C)-n3c(C)nnc32)C(C)(C)C)cc1. The van der Waals surface area contributed by atoms with Gasteiger partial charge in [-0.1, -0.05) is 68.8 Å². The number of hydrogen-bond donors (Lipinski definition) is 4. The molecule has 5 heterocycles. The van der Waals surface area contributed by atoms with Crippen molar-refractivity contribution in [1.29, 1.82) is 0 Å². The summed E-state index contributed by atoms with van der Waals surface area (Å²) in [5.74, 6) is -1.18. The van der Waals surface area contributed by atoms with Crippen molar-refractivity contribution >= 4 is 75.7 Å². The van der Waals surface area contributed by atoms with E-state index in [0.29, 0.717) is 16.7 Å². The molecule has 0 saturated carbocycles. The lowest BCUT2D eigenvalue weighted by Gasteiger charge is -2.35. The van der Waals surface area contributed by atoms with E-state index in [1.54, 1.807) is 69.7 Å². The number of carbonyl (C=O) groups is 6. The summed E-state index contributed by atoms with van der Waals surface area (Å²) in [6.45, 7) is 20.5. The van der Waals surface area contributed by atoms with Crippen LogP contribution in [-0.2, 0) is 68.4 Å². The minimum atomic E-state index is -1.10. The molecule has 7 rings (SSSR count). The van der Waals surface area contributed by atoms with Crippen LogP contribution in [0.4, 0.5) is 4.79 Å². The lowest BCUT2D eigenvalue weighted by atomic mass is 9.85. The van der Waals surface area contributed by atoms with Crippen LogP contribution in [0.5, 0.6) is 0 Å². The van der Waals surface area contributed by atoms with Crippen LogP contribution in [0.1, 0.15) is 105 Å². The topological polar surface area (TPSA) is 284 Å². The van der Waals surface area contributed by atoms with E-state index in [2.05, 4.69) is 50.3 Å². The van der Waals surface area contributed by atoms with Crippen LogP contribution in [0, 0.1) is 33.1 Å². The number of benzene rings is 2. The number of rotatable bonds is 32. The maximum absolute atomic E-state index is 14.6. The monoisotopic (exact) mass is 1290 g/mol. The van der Waals surface area contributed by atoms with E-state index in [0.717, 1.165) is 54.0 Å². The van der Waals surface area contributed by atoms with Crippen LogP contribution in [0.15, 0.2) is 59.0 Å². The smallest absolute Gasteiger partial charge is 0.407 e. The van der Waals surface area contributed by atoms with Gasteiger partial charge in [-0.25, -0.2) is 14.6 Å². The van der Waals surface area contributed by atoms with Gasteiger partial charge in [0.2, 0.25) is 23.6 Å². The zero-order valence-electron chi connectivity index (χ0n) is 52.3. The Kier molecular flexibility index (Phi) is 26.1. The largest absolute Gasteiger partial charge is 0.459 e. The molecule has 4 N–H and O–H groups in total. The molecule has 2 aliphatic rings. The number of aryl methyl sites for hydroxylation is 3. The molecule has 24 nitrogen and oxygen atoms in total. The van der Waals surface area contributed by atoms with E-state index in [9.17, 15) is 28.8 Å². The Morgan fingerprint density at radius 1 is 0.719 bits per heavy atom. The fraction of sp³-hybridized carbons (Fsp3) is 0.548. The molecule has 3 aromatic heterocycles. The summed E-state index contributed by atoms with van der Waals surface area (Å²) in [7, 11) is 0. The van der Waals surface area contributed by atoms with Crippen molar-refractivity contribution in [3.63, 3.8) is 0 Å². The molecule has 0 aliphatic carbocycles. The first-order chi connectivity index (χ1) is 42.5. The summed E-state index contributed by atoms with van der Waals surface area (Å²) in [6, 6.07) is 12.5. The molecule has 2 aromatic carbocycles. The lowest BCUT2D eigenvalue weighted by Crippen LogP contribution is -2.58. The summed E-state index contributed by atoms with van der Waals surface area (Å²) in [6.07, 6.45) is -1.34. The van der Waals surface area contributed by atoms with Crippen molar-refractivity contribution in [2.75, 3.05) is 98.9 Å². The second-order valence-corrected chi connectivity index (χ2v) is 25.8. The van der Waals surface area contributed by atoms with E-state index in [1.807, 2.05) is 66.9 Å². The van der Waals surface area contributed by atoms with Crippen LogP contribution in [-0.4, -0.2) is 189 Å². The maximum atomic E-state index is 14.6. The maximum Gasteiger partial charge on any atom is 0.407 e. The Labute approximate surface area is 532 Å². The fourth-order valence-electron chi connectivity index (χ4n) is 9.65. The van der Waals surface area contributed by atoms with Gasteiger partial charge in [-0.05, 0) is 82.7 Å². The van der Waals surface area contributed by atoms with Gasteiger partial charge in [-0.15, -0.1) is 32.9 Å². The van der Waals surface area contributed by atoms with Gasteiger partial charge in [-0.3, -0.25) is 28.7 Å². The van der Waals surface area contributed by atoms with Crippen LogP contribution in [0.2, 0.25) is 5.02 Å². The van der Waals surface area contributed by atoms with Crippen LogP contribution in [0.25, 0.3) is 15.4 Å². The van der Waals surface area contributed by atoms with Crippen molar-refractivity contribution in [1.82, 2.24) is 45.9 Å². The molecule has 27 heteroatoms. The van der Waals surface area contributed by atoms with Gasteiger partial charge in [-0.2, -0.15) is 0 Å². The number of amides is 5. The average molecular weight is 1290 g/mol. The third kappa shape index (κ3) is 20.9. The number of nitrogens with zero attached hydrogens (tertiary/aromatic N) is 6. The first-order valence-corrected chi connectivity index (χ1v) is 31.7. The van der Waals surface area contributed by atoms with Crippen molar-refractivity contribution in [2.45, 2.75) is 118 Å². The quantitative estimate of drug-likeness (QED) is 0.0257. The molecule has 4 atom stereocenters. The highest BCUT2D eigenvalue weighted by atomic mass is 35.5. The lowest BCUT2D eigenvalue weighted by molar-refractivity contribution is -0.155. The fourth-order valence-corrected chi connectivity index (χ4v) is 11.8. The zero-order chi connectivity index (χ0) is 64.3. The molecule has 2 aliphatic heterocycles.